The molecule has 3 nitrogen and oxygen atoms in total. The average molecular weight is 265 g/mol. The standard InChI is InChI=1S/C9H10FN.C2HF3O2/c10-8-2-4-9(5-3-8)11-6-1-7-11;3-2(4,5)1(6)7/h2-5H,1,6-7H2;(H,6,7). The molecule has 0 radical (unpaired) electrons. The first-order valence-electron chi connectivity index (χ1n) is 5.11. The van der Waals surface area contributed by atoms with E-state index >= 15 is 0 Å². The van der Waals surface area contributed by atoms with Gasteiger partial charge in [-0.2, -0.15) is 13.2 Å². The number of benzene rings is 1. The monoisotopic (exact) mass is 265 g/mol. The maximum atomic E-state index is 12.5. The first-order chi connectivity index (χ1) is 8.30. The zero-order valence-corrected chi connectivity index (χ0v) is 9.25. The Labute approximate surface area is 101 Å². The third kappa shape index (κ3) is 4.23. The molecule has 18 heavy (non-hydrogen) atoms. The van der Waals surface area contributed by atoms with Gasteiger partial charge in [0.15, 0.2) is 0 Å². The zero-order valence-electron chi connectivity index (χ0n) is 9.25. The average Bonchev–Trinajstić information content (AvgIpc) is 2.18. The number of carboxylic acid groups (broad SMARTS) is 1. The molecule has 1 aliphatic heterocycles. The zero-order chi connectivity index (χ0) is 13.8. The molecule has 1 aromatic rings. The number of aliphatic carboxylic acids is 1. The lowest BCUT2D eigenvalue weighted by Gasteiger charge is -2.33. The van der Waals surface area contributed by atoms with E-state index < -0.39 is 12.1 Å². The molecule has 1 fully saturated rings. The Morgan fingerprint density at radius 1 is 1.17 bits per heavy atom. The molecule has 2 rings (SSSR count). The van der Waals surface area contributed by atoms with E-state index in [1.54, 1.807) is 0 Å². The number of carbonyl (C=O) groups is 1. The normalized spacial score (nSPS) is 14.3. The van der Waals surface area contributed by atoms with Crippen LogP contribution in [0.25, 0.3) is 0 Å². The summed E-state index contributed by atoms with van der Waals surface area (Å²) in [5.74, 6) is -2.92. The van der Waals surface area contributed by atoms with E-state index in [9.17, 15) is 17.6 Å². The predicted molar refractivity (Wildman–Crippen MR) is 56.9 cm³/mol. The minimum absolute atomic E-state index is 0.158. The molecule has 0 unspecified atom stereocenters. The Hall–Kier alpha value is -1.79. The number of hydrogen-bond donors (Lipinski definition) is 1. The van der Waals surface area contributed by atoms with E-state index in [-0.39, 0.29) is 5.82 Å². The summed E-state index contributed by atoms with van der Waals surface area (Å²) >= 11 is 0. The highest BCUT2D eigenvalue weighted by Crippen LogP contribution is 2.19. The van der Waals surface area contributed by atoms with Crippen molar-refractivity contribution in [3.05, 3.63) is 30.1 Å². The molecule has 0 spiro atoms. The Bertz CT molecular complexity index is 398. The molecule has 1 aromatic carbocycles. The molecule has 7 heteroatoms. The lowest BCUT2D eigenvalue weighted by molar-refractivity contribution is -0.192. The van der Waals surface area contributed by atoms with Crippen LogP contribution in [0.1, 0.15) is 6.42 Å². The van der Waals surface area contributed by atoms with Crippen molar-refractivity contribution in [3.8, 4) is 0 Å². The van der Waals surface area contributed by atoms with Crippen molar-refractivity contribution in [1.82, 2.24) is 0 Å². The Balaban J connectivity index is 0.000000203. The number of carboxylic acids is 1. The van der Waals surface area contributed by atoms with E-state index in [2.05, 4.69) is 4.90 Å². The smallest absolute Gasteiger partial charge is 0.475 e. The second kappa shape index (κ2) is 5.70. The maximum absolute atomic E-state index is 12.5. The van der Waals surface area contributed by atoms with Crippen molar-refractivity contribution < 1.29 is 27.5 Å². The van der Waals surface area contributed by atoms with Gasteiger partial charge in [-0.3, -0.25) is 0 Å². The molecule has 0 bridgehead atoms. The van der Waals surface area contributed by atoms with Gasteiger partial charge in [0.25, 0.3) is 0 Å². The van der Waals surface area contributed by atoms with Crippen molar-refractivity contribution >= 4 is 11.7 Å². The van der Waals surface area contributed by atoms with Gasteiger partial charge in [-0.05, 0) is 30.7 Å². The minimum atomic E-state index is -5.08. The van der Waals surface area contributed by atoms with E-state index in [1.165, 1.54) is 18.6 Å². The molecule has 1 aliphatic rings. The van der Waals surface area contributed by atoms with Gasteiger partial charge in [-0.15, -0.1) is 0 Å². The van der Waals surface area contributed by atoms with Crippen molar-refractivity contribution in [3.63, 3.8) is 0 Å². The molecule has 1 N–H and O–H groups in total. The van der Waals surface area contributed by atoms with Crippen LogP contribution in [0.3, 0.4) is 0 Å². The van der Waals surface area contributed by atoms with Crippen LogP contribution >= 0.6 is 0 Å². The van der Waals surface area contributed by atoms with Crippen LogP contribution in [0.4, 0.5) is 23.2 Å². The lowest BCUT2D eigenvalue weighted by Crippen LogP contribution is -2.36. The second-order valence-corrected chi connectivity index (χ2v) is 3.62. The molecule has 1 heterocycles. The van der Waals surface area contributed by atoms with Crippen LogP contribution in [-0.4, -0.2) is 30.3 Å². The number of anilines is 1. The van der Waals surface area contributed by atoms with Gasteiger partial charge in [0, 0.05) is 18.8 Å². The van der Waals surface area contributed by atoms with E-state index in [0.29, 0.717) is 0 Å². The highest BCUT2D eigenvalue weighted by atomic mass is 19.4. The van der Waals surface area contributed by atoms with Gasteiger partial charge >= 0.3 is 12.1 Å². The number of hydrogen-bond acceptors (Lipinski definition) is 2. The number of nitrogens with zero attached hydrogens (tertiary/aromatic N) is 1. The fourth-order valence-corrected chi connectivity index (χ4v) is 1.23. The largest absolute Gasteiger partial charge is 0.490 e. The SMILES string of the molecule is Fc1ccc(N2CCC2)cc1.O=C(O)C(F)(F)F. The first-order valence-corrected chi connectivity index (χ1v) is 5.11. The van der Waals surface area contributed by atoms with E-state index in [0.717, 1.165) is 18.8 Å². The Kier molecular flexibility index (Phi) is 4.52. The van der Waals surface area contributed by atoms with Crippen LogP contribution in [0.2, 0.25) is 0 Å². The Morgan fingerprint density at radius 2 is 1.61 bits per heavy atom. The van der Waals surface area contributed by atoms with Crippen LogP contribution in [0, 0.1) is 5.82 Å². The summed E-state index contributed by atoms with van der Waals surface area (Å²) in [6, 6.07) is 6.67. The molecule has 0 aliphatic carbocycles. The van der Waals surface area contributed by atoms with Crippen LogP contribution < -0.4 is 4.90 Å². The topological polar surface area (TPSA) is 40.5 Å². The van der Waals surface area contributed by atoms with Crippen LogP contribution in [-0.2, 0) is 4.79 Å². The van der Waals surface area contributed by atoms with Gasteiger partial charge in [0.2, 0.25) is 0 Å². The van der Waals surface area contributed by atoms with Crippen molar-refractivity contribution in [2.75, 3.05) is 18.0 Å². The van der Waals surface area contributed by atoms with Gasteiger partial charge in [-0.25, -0.2) is 9.18 Å². The molecule has 0 amide bonds. The summed E-state index contributed by atoms with van der Waals surface area (Å²) < 4.78 is 44.2. The van der Waals surface area contributed by atoms with Crippen LogP contribution in [0.15, 0.2) is 24.3 Å². The predicted octanol–water partition coefficient (Wildman–Crippen LogP) is 2.67. The first kappa shape index (κ1) is 14.3. The summed E-state index contributed by atoms with van der Waals surface area (Å²) in [4.78, 5) is 11.1. The molecule has 0 saturated carbocycles. The highest BCUT2D eigenvalue weighted by Gasteiger charge is 2.38. The molecular weight excluding hydrogens is 254 g/mol. The quantitative estimate of drug-likeness (QED) is 0.794. The van der Waals surface area contributed by atoms with Gasteiger partial charge in [0.05, 0.1) is 0 Å². The molecular formula is C11H11F4NO2. The van der Waals surface area contributed by atoms with Crippen molar-refractivity contribution in [2.24, 2.45) is 0 Å². The Morgan fingerprint density at radius 3 is 1.89 bits per heavy atom. The maximum Gasteiger partial charge on any atom is 0.490 e. The number of alkyl halides is 3. The minimum Gasteiger partial charge on any atom is -0.475 e. The summed E-state index contributed by atoms with van der Waals surface area (Å²) in [7, 11) is 0. The molecule has 0 aromatic heterocycles. The molecule has 0 atom stereocenters. The number of rotatable bonds is 1. The fourth-order valence-electron chi connectivity index (χ4n) is 1.23. The molecule has 1 saturated heterocycles. The highest BCUT2D eigenvalue weighted by molar-refractivity contribution is 5.73. The summed E-state index contributed by atoms with van der Waals surface area (Å²) in [5.41, 5.74) is 1.14. The van der Waals surface area contributed by atoms with Crippen LogP contribution in [0.5, 0.6) is 0 Å². The summed E-state index contributed by atoms with van der Waals surface area (Å²) in [6.07, 6.45) is -3.82. The molecule has 100 valence electrons. The lowest BCUT2D eigenvalue weighted by atomic mass is 10.2. The third-order valence-corrected chi connectivity index (χ3v) is 2.29. The summed E-state index contributed by atoms with van der Waals surface area (Å²) in [5, 5.41) is 7.12. The third-order valence-electron chi connectivity index (χ3n) is 2.29. The van der Waals surface area contributed by atoms with E-state index in [4.69, 9.17) is 9.90 Å². The van der Waals surface area contributed by atoms with E-state index in [1.807, 2.05) is 12.1 Å². The van der Waals surface area contributed by atoms with Gasteiger partial charge < -0.3 is 10.0 Å². The van der Waals surface area contributed by atoms with Crippen molar-refractivity contribution in [2.45, 2.75) is 12.6 Å². The second-order valence-electron chi connectivity index (χ2n) is 3.62. The van der Waals surface area contributed by atoms with Crippen molar-refractivity contribution in [1.29, 1.82) is 0 Å². The van der Waals surface area contributed by atoms with Gasteiger partial charge in [-0.1, -0.05) is 0 Å². The number of halogens is 4. The van der Waals surface area contributed by atoms with Gasteiger partial charge in [0.1, 0.15) is 5.82 Å². The fraction of sp³-hybridized carbons (Fsp3) is 0.364. The summed E-state index contributed by atoms with van der Waals surface area (Å²) in [6.45, 7) is 2.23.